The number of nitrogens with zero attached hydrogens (tertiary/aromatic N) is 4. The number of fused-ring (bicyclic) bond motifs is 1. The molecule has 0 saturated carbocycles. The number of likely N-dealkylation sites (tertiary alicyclic amines) is 1. The zero-order valence-electron chi connectivity index (χ0n) is 16.1. The van der Waals surface area contributed by atoms with Gasteiger partial charge in [-0.15, -0.1) is 0 Å². The maximum absolute atomic E-state index is 5.30. The summed E-state index contributed by atoms with van der Waals surface area (Å²) in [6.07, 6.45) is 6.28. The topological polar surface area (TPSA) is 70.8 Å². The van der Waals surface area contributed by atoms with Gasteiger partial charge < -0.3 is 9.51 Å². The first kappa shape index (κ1) is 17.1. The number of aryl methyl sites for hydroxylation is 2. The highest BCUT2D eigenvalue weighted by atomic mass is 16.5. The van der Waals surface area contributed by atoms with Crippen molar-refractivity contribution >= 4 is 10.9 Å². The van der Waals surface area contributed by atoms with E-state index in [9.17, 15) is 0 Å². The lowest BCUT2D eigenvalue weighted by atomic mass is 10.1. The van der Waals surface area contributed by atoms with Gasteiger partial charge in [0, 0.05) is 29.8 Å². The molecule has 1 aromatic carbocycles. The first-order valence-electron chi connectivity index (χ1n) is 9.76. The van der Waals surface area contributed by atoms with Gasteiger partial charge in [-0.2, -0.15) is 0 Å². The second-order valence-electron chi connectivity index (χ2n) is 7.49. The molecule has 1 unspecified atom stereocenters. The molecule has 28 heavy (non-hydrogen) atoms. The van der Waals surface area contributed by atoms with E-state index in [1.54, 1.807) is 0 Å². The molecule has 1 atom stereocenters. The molecule has 1 N–H and O–H groups in total. The largest absolute Gasteiger partial charge is 0.361 e. The van der Waals surface area contributed by atoms with E-state index >= 15 is 0 Å². The molecule has 0 amide bonds. The Morgan fingerprint density at radius 1 is 1.21 bits per heavy atom. The molecular weight excluding hydrogens is 350 g/mol. The van der Waals surface area contributed by atoms with Crippen LogP contribution in [0, 0.1) is 13.8 Å². The van der Waals surface area contributed by atoms with Crippen LogP contribution in [0.5, 0.6) is 0 Å². The summed E-state index contributed by atoms with van der Waals surface area (Å²) in [7, 11) is 0. The van der Waals surface area contributed by atoms with Crippen LogP contribution >= 0.6 is 0 Å². The van der Waals surface area contributed by atoms with Crippen molar-refractivity contribution in [3.63, 3.8) is 0 Å². The monoisotopic (exact) mass is 373 g/mol. The van der Waals surface area contributed by atoms with Crippen LogP contribution in [0.25, 0.3) is 22.3 Å². The summed E-state index contributed by atoms with van der Waals surface area (Å²) < 4.78 is 5.30. The van der Waals surface area contributed by atoms with Gasteiger partial charge in [0.2, 0.25) is 0 Å². The average molecular weight is 373 g/mol. The minimum Gasteiger partial charge on any atom is -0.361 e. The predicted molar refractivity (Wildman–Crippen MR) is 108 cm³/mol. The van der Waals surface area contributed by atoms with Crippen LogP contribution in [0.3, 0.4) is 0 Å². The first-order valence-corrected chi connectivity index (χ1v) is 9.76. The molecule has 1 aliphatic heterocycles. The number of nitrogens with one attached hydrogen (secondary N) is 1. The number of para-hydroxylation sites is 1. The summed E-state index contributed by atoms with van der Waals surface area (Å²) in [6, 6.07) is 10.8. The van der Waals surface area contributed by atoms with E-state index in [1.807, 2.05) is 26.1 Å². The van der Waals surface area contributed by atoms with Gasteiger partial charge in [0.15, 0.2) is 5.82 Å². The third-order valence-corrected chi connectivity index (χ3v) is 5.69. The smallest absolute Gasteiger partial charge is 0.164 e. The summed E-state index contributed by atoms with van der Waals surface area (Å²) in [5.74, 6) is 1.46. The van der Waals surface area contributed by atoms with Gasteiger partial charge in [0.05, 0.1) is 23.0 Å². The number of benzene rings is 1. The van der Waals surface area contributed by atoms with Crippen molar-refractivity contribution in [1.29, 1.82) is 0 Å². The minimum atomic E-state index is 0.302. The standard InChI is InChI=1S/C22H23N5O/c1-14-21(15(2)28-26-14)22-23-10-9-19(25-22)20-8-5-11-27(20)13-16-12-24-18-7-4-3-6-17(16)18/h3-4,6-7,9-10,12,20,24H,5,8,11,13H2,1-2H3. The van der Waals surface area contributed by atoms with E-state index in [1.165, 1.54) is 22.9 Å². The summed E-state index contributed by atoms with van der Waals surface area (Å²) in [5, 5.41) is 5.34. The van der Waals surface area contributed by atoms with Crippen molar-refractivity contribution in [2.24, 2.45) is 0 Å². The van der Waals surface area contributed by atoms with Crippen LogP contribution in [0.4, 0.5) is 0 Å². The second kappa shape index (κ2) is 6.87. The molecule has 1 aliphatic rings. The van der Waals surface area contributed by atoms with Gasteiger partial charge in [0.25, 0.3) is 0 Å². The van der Waals surface area contributed by atoms with Crippen LogP contribution in [-0.2, 0) is 6.54 Å². The van der Waals surface area contributed by atoms with Crippen molar-refractivity contribution in [2.75, 3.05) is 6.54 Å². The quantitative estimate of drug-likeness (QED) is 0.567. The van der Waals surface area contributed by atoms with Gasteiger partial charge in [-0.05, 0) is 50.9 Å². The van der Waals surface area contributed by atoms with Crippen molar-refractivity contribution in [2.45, 2.75) is 39.3 Å². The van der Waals surface area contributed by atoms with Gasteiger partial charge in [-0.25, -0.2) is 9.97 Å². The number of rotatable bonds is 4. The number of H-pyrrole nitrogens is 1. The molecule has 0 radical (unpaired) electrons. The first-order chi connectivity index (χ1) is 13.7. The number of aromatic amines is 1. The van der Waals surface area contributed by atoms with E-state index in [0.717, 1.165) is 42.2 Å². The molecule has 1 saturated heterocycles. The molecule has 6 nitrogen and oxygen atoms in total. The average Bonchev–Trinajstić information content (AvgIpc) is 3.42. The zero-order valence-corrected chi connectivity index (χ0v) is 16.1. The summed E-state index contributed by atoms with van der Waals surface area (Å²) >= 11 is 0. The normalized spacial score (nSPS) is 17.6. The Labute approximate surface area is 163 Å². The Bertz CT molecular complexity index is 1110. The highest BCUT2D eigenvalue weighted by Crippen LogP contribution is 2.34. The summed E-state index contributed by atoms with van der Waals surface area (Å²) in [6.45, 7) is 5.83. The lowest BCUT2D eigenvalue weighted by Crippen LogP contribution is -2.23. The highest BCUT2D eigenvalue weighted by Gasteiger charge is 2.28. The highest BCUT2D eigenvalue weighted by molar-refractivity contribution is 5.83. The third kappa shape index (κ3) is 2.90. The molecule has 4 aromatic rings. The Kier molecular flexibility index (Phi) is 4.20. The molecule has 5 rings (SSSR count). The number of aromatic nitrogens is 4. The molecule has 6 heteroatoms. The maximum atomic E-state index is 5.30. The Balaban J connectivity index is 1.45. The fraction of sp³-hybridized carbons (Fsp3) is 0.318. The zero-order chi connectivity index (χ0) is 19.1. The van der Waals surface area contributed by atoms with Crippen molar-refractivity contribution < 1.29 is 4.52 Å². The molecule has 0 aliphatic carbocycles. The van der Waals surface area contributed by atoms with Crippen molar-refractivity contribution in [3.8, 4) is 11.4 Å². The van der Waals surface area contributed by atoms with Gasteiger partial charge in [-0.3, -0.25) is 4.90 Å². The summed E-state index contributed by atoms with van der Waals surface area (Å²) in [5.41, 5.74) is 5.33. The van der Waals surface area contributed by atoms with Gasteiger partial charge in [0.1, 0.15) is 5.76 Å². The Hall–Kier alpha value is -2.99. The molecule has 142 valence electrons. The lowest BCUT2D eigenvalue weighted by molar-refractivity contribution is 0.245. The molecule has 4 heterocycles. The molecule has 1 fully saturated rings. The van der Waals surface area contributed by atoms with E-state index in [0.29, 0.717) is 11.9 Å². The minimum absolute atomic E-state index is 0.302. The van der Waals surface area contributed by atoms with Crippen LogP contribution < -0.4 is 0 Å². The number of hydrogen-bond acceptors (Lipinski definition) is 5. The van der Waals surface area contributed by atoms with E-state index in [2.05, 4.69) is 50.5 Å². The lowest BCUT2D eigenvalue weighted by Gasteiger charge is -2.24. The van der Waals surface area contributed by atoms with E-state index in [4.69, 9.17) is 9.51 Å². The fourth-order valence-corrected chi connectivity index (χ4v) is 4.31. The van der Waals surface area contributed by atoms with Crippen molar-refractivity contribution in [1.82, 2.24) is 25.0 Å². The van der Waals surface area contributed by atoms with Crippen LogP contribution in [-0.4, -0.2) is 31.6 Å². The molecule has 3 aromatic heterocycles. The Morgan fingerprint density at radius 2 is 2.11 bits per heavy atom. The number of hydrogen-bond donors (Lipinski definition) is 1. The molecule has 0 bridgehead atoms. The molecule has 0 spiro atoms. The predicted octanol–water partition coefficient (Wildman–Crippen LogP) is 4.57. The van der Waals surface area contributed by atoms with Gasteiger partial charge >= 0.3 is 0 Å². The third-order valence-electron chi connectivity index (χ3n) is 5.69. The fourth-order valence-electron chi connectivity index (χ4n) is 4.31. The summed E-state index contributed by atoms with van der Waals surface area (Å²) in [4.78, 5) is 15.3. The van der Waals surface area contributed by atoms with Gasteiger partial charge in [-0.1, -0.05) is 23.4 Å². The van der Waals surface area contributed by atoms with E-state index < -0.39 is 0 Å². The second-order valence-corrected chi connectivity index (χ2v) is 7.49. The van der Waals surface area contributed by atoms with Crippen LogP contribution in [0.15, 0.2) is 47.2 Å². The maximum Gasteiger partial charge on any atom is 0.164 e. The van der Waals surface area contributed by atoms with E-state index in [-0.39, 0.29) is 0 Å². The van der Waals surface area contributed by atoms with Crippen LogP contribution in [0.2, 0.25) is 0 Å². The Morgan fingerprint density at radius 3 is 2.96 bits per heavy atom. The van der Waals surface area contributed by atoms with Crippen molar-refractivity contribution in [3.05, 3.63) is 65.4 Å². The van der Waals surface area contributed by atoms with Crippen LogP contribution in [0.1, 0.15) is 41.6 Å². The molecular formula is C22H23N5O. The SMILES string of the molecule is Cc1noc(C)c1-c1nccc(C2CCCN2Cc2c[nH]c3ccccc23)n1.